The van der Waals surface area contributed by atoms with Crippen molar-refractivity contribution in [3.05, 3.63) is 43.2 Å². The van der Waals surface area contributed by atoms with E-state index in [1.165, 1.54) is 24.3 Å². The molecule has 0 aliphatic carbocycles. The van der Waals surface area contributed by atoms with Crippen molar-refractivity contribution in [1.29, 1.82) is 0 Å². The molecule has 0 aliphatic heterocycles. The van der Waals surface area contributed by atoms with Gasteiger partial charge in [0.2, 0.25) is 0 Å². The summed E-state index contributed by atoms with van der Waals surface area (Å²) in [4.78, 5) is 0. The normalized spacial score (nSPS) is 14.6. The van der Waals surface area contributed by atoms with Gasteiger partial charge in [-0.1, -0.05) is 0 Å². The average Bonchev–Trinajstić information content (AvgIpc) is 2.52. The Bertz CT molecular complexity index is 937. The molecule has 0 N–H and O–H groups in total. The number of alkyl halides is 6. The van der Waals surface area contributed by atoms with Crippen molar-refractivity contribution in [2.24, 2.45) is 0 Å². The molecule has 0 aromatic heterocycles. The summed E-state index contributed by atoms with van der Waals surface area (Å²) in [6.45, 7) is 0.700. The fourth-order valence-corrected chi connectivity index (χ4v) is 7.86. The Morgan fingerprint density at radius 2 is 1.45 bits per heavy atom. The third kappa shape index (κ3) is 7.26. The SMILES string of the molecule is COC/C(=C\I(OS(=O)(=O)C(F)(F)F)c1ccc(C)cc1)OS(=O)(=O)C(F)(F)F. The van der Waals surface area contributed by atoms with Gasteiger partial charge in [-0.25, -0.2) is 0 Å². The zero-order valence-electron chi connectivity index (χ0n) is 14.4. The second-order valence-corrected chi connectivity index (χ2v) is 12.6. The first-order valence-electron chi connectivity index (χ1n) is 6.97. The van der Waals surface area contributed by atoms with Crippen LogP contribution in [0.3, 0.4) is 0 Å². The van der Waals surface area contributed by atoms with Crippen LogP contribution in [0.2, 0.25) is 0 Å². The molecule has 1 rings (SSSR count). The van der Waals surface area contributed by atoms with Gasteiger partial charge in [-0.05, 0) is 0 Å². The molecule has 0 bridgehead atoms. The van der Waals surface area contributed by atoms with Crippen LogP contribution in [0, 0.1) is 10.5 Å². The summed E-state index contributed by atoms with van der Waals surface area (Å²) < 4.78 is 134. The molecule has 0 saturated heterocycles. The molecule has 168 valence electrons. The summed E-state index contributed by atoms with van der Waals surface area (Å²) in [5.41, 5.74) is -11.0. The first-order chi connectivity index (χ1) is 13.0. The molecule has 29 heavy (non-hydrogen) atoms. The van der Waals surface area contributed by atoms with Crippen LogP contribution in [0.15, 0.2) is 34.1 Å². The number of ether oxygens (including phenoxy) is 1. The summed E-state index contributed by atoms with van der Waals surface area (Å²) in [5, 5.41) is 0. The summed E-state index contributed by atoms with van der Waals surface area (Å²) in [6.07, 6.45) is 0. The van der Waals surface area contributed by atoms with Crippen molar-refractivity contribution >= 4 is 40.5 Å². The van der Waals surface area contributed by atoms with Crippen LogP contribution >= 0.6 is 20.2 Å². The van der Waals surface area contributed by atoms with Crippen LogP contribution in [0.5, 0.6) is 0 Å². The van der Waals surface area contributed by atoms with Gasteiger partial charge in [0.15, 0.2) is 0 Å². The fourth-order valence-electron chi connectivity index (χ4n) is 1.41. The molecule has 0 saturated carbocycles. The van der Waals surface area contributed by atoms with E-state index in [0.717, 1.165) is 7.11 Å². The standard InChI is InChI=1S/C13H13F6IO7S2/c1-9-3-5-10(6-4-9)20(27-29(23,24)13(17,18)19)7-11(8-25-2)26-28(21,22)12(14,15)16/h3-7H,8H2,1-2H3/b11-7+. The second kappa shape index (κ2) is 9.36. The van der Waals surface area contributed by atoms with Crippen molar-refractivity contribution < 1.29 is 54.6 Å². The van der Waals surface area contributed by atoms with Crippen molar-refractivity contribution in [2.75, 3.05) is 13.7 Å². The van der Waals surface area contributed by atoms with E-state index in [-0.39, 0.29) is 3.57 Å². The predicted molar refractivity (Wildman–Crippen MR) is 96.0 cm³/mol. The Hall–Kier alpha value is -1.11. The van der Waals surface area contributed by atoms with Crippen molar-refractivity contribution in [3.63, 3.8) is 0 Å². The van der Waals surface area contributed by atoms with Gasteiger partial charge >= 0.3 is 170 Å². The van der Waals surface area contributed by atoms with Gasteiger partial charge in [-0.15, -0.1) is 0 Å². The van der Waals surface area contributed by atoms with E-state index in [1.807, 2.05) is 0 Å². The van der Waals surface area contributed by atoms with Crippen LogP contribution in [-0.2, 0) is 31.7 Å². The van der Waals surface area contributed by atoms with Gasteiger partial charge in [0.05, 0.1) is 0 Å². The number of rotatable bonds is 8. The number of halogens is 7. The molecule has 0 spiro atoms. The summed E-state index contributed by atoms with van der Waals surface area (Å²) >= 11 is -4.10. The molecule has 0 atom stereocenters. The monoisotopic (exact) mass is 586 g/mol. The van der Waals surface area contributed by atoms with Crippen molar-refractivity contribution in [1.82, 2.24) is 0 Å². The molecule has 0 fully saturated rings. The topological polar surface area (TPSA) is 96.0 Å². The van der Waals surface area contributed by atoms with E-state index in [0.29, 0.717) is 9.65 Å². The number of benzene rings is 1. The summed E-state index contributed by atoms with van der Waals surface area (Å²) in [7, 11) is -11.4. The molecule has 7 nitrogen and oxygen atoms in total. The van der Waals surface area contributed by atoms with Gasteiger partial charge in [-0.3, -0.25) is 0 Å². The first kappa shape index (κ1) is 25.9. The Morgan fingerprint density at radius 3 is 1.86 bits per heavy atom. The molecule has 0 heterocycles. The van der Waals surface area contributed by atoms with E-state index in [1.54, 1.807) is 6.92 Å². The molecule has 1 aromatic rings. The zero-order chi connectivity index (χ0) is 22.7. The summed E-state index contributed by atoms with van der Waals surface area (Å²) in [6, 6.07) is 5.18. The summed E-state index contributed by atoms with van der Waals surface area (Å²) in [5.74, 6) is -1.08. The van der Waals surface area contributed by atoms with E-state index < -0.39 is 63.9 Å². The maximum absolute atomic E-state index is 12.7. The third-order valence-electron chi connectivity index (χ3n) is 2.67. The van der Waals surface area contributed by atoms with Crippen LogP contribution in [0.4, 0.5) is 26.3 Å². The van der Waals surface area contributed by atoms with Gasteiger partial charge < -0.3 is 0 Å². The van der Waals surface area contributed by atoms with Crippen molar-refractivity contribution in [3.8, 4) is 0 Å². The molecule has 16 heteroatoms. The van der Waals surface area contributed by atoms with E-state index in [9.17, 15) is 43.2 Å². The number of aryl methyl sites for hydroxylation is 1. The van der Waals surface area contributed by atoms with E-state index in [4.69, 9.17) is 0 Å². The van der Waals surface area contributed by atoms with Crippen LogP contribution in [-0.4, -0.2) is 41.6 Å². The zero-order valence-corrected chi connectivity index (χ0v) is 18.2. The Labute approximate surface area is 169 Å². The molecule has 0 radical (unpaired) electrons. The van der Waals surface area contributed by atoms with E-state index in [2.05, 4.69) is 11.4 Å². The molecule has 0 aliphatic rings. The van der Waals surface area contributed by atoms with Gasteiger partial charge in [0.25, 0.3) is 0 Å². The molecular weight excluding hydrogens is 573 g/mol. The third-order valence-corrected chi connectivity index (χ3v) is 10.3. The van der Waals surface area contributed by atoms with Gasteiger partial charge in [0.1, 0.15) is 0 Å². The molecular formula is C13H13F6IO7S2. The van der Waals surface area contributed by atoms with E-state index >= 15 is 0 Å². The van der Waals surface area contributed by atoms with Gasteiger partial charge in [0, 0.05) is 0 Å². The van der Waals surface area contributed by atoms with Gasteiger partial charge in [-0.2, -0.15) is 0 Å². The van der Waals surface area contributed by atoms with Crippen LogP contribution in [0.1, 0.15) is 5.56 Å². The Morgan fingerprint density at radius 1 is 0.966 bits per heavy atom. The molecule has 0 unspecified atom stereocenters. The second-order valence-electron chi connectivity index (χ2n) is 5.03. The minimum atomic E-state index is -6.18. The quantitative estimate of drug-likeness (QED) is 0.150. The average molecular weight is 586 g/mol. The molecule has 1 aromatic carbocycles. The first-order valence-corrected chi connectivity index (χ1v) is 13.0. The fraction of sp³-hybridized carbons (Fsp3) is 0.385. The number of hydrogen-bond acceptors (Lipinski definition) is 7. The van der Waals surface area contributed by atoms with Crippen LogP contribution in [0.25, 0.3) is 0 Å². The number of hydrogen-bond donors (Lipinski definition) is 0. The Kier molecular flexibility index (Phi) is 8.36. The van der Waals surface area contributed by atoms with Crippen LogP contribution < -0.4 is 0 Å². The molecule has 0 amide bonds. The maximum atomic E-state index is 12.7. The number of methoxy groups -OCH3 is 1. The Balaban J connectivity index is 3.47. The minimum absolute atomic E-state index is 0.0887. The predicted octanol–water partition coefficient (Wildman–Crippen LogP) is 3.81. The van der Waals surface area contributed by atoms with Crippen molar-refractivity contribution in [2.45, 2.75) is 17.9 Å².